The molecule has 3 aromatic rings. The van der Waals surface area contributed by atoms with Gasteiger partial charge in [0, 0.05) is 23.7 Å². The molecule has 0 radical (unpaired) electrons. The molecule has 0 bridgehead atoms. The maximum atomic E-state index is 13.0. The predicted molar refractivity (Wildman–Crippen MR) is 109 cm³/mol. The number of aromatic nitrogens is 1. The minimum atomic E-state index is 0.217. The molecule has 1 unspecified atom stereocenters. The first-order valence-electron chi connectivity index (χ1n) is 9.98. The number of rotatable bonds is 5. The van der Waals surface area contributed by atoms with E-state index in [1.807, 2.05) is 28.8 Å². The summed E-state index contributed by atoms with van der Waals surface area (Å²) < 4.78 is 1.92. The van der Waals surface area contributed by atoms with E-state index in [9.17, 15) is 4.79 Å². The summed E-state index contributed by atoms with van der Waals surface area (Å²) in [7, 11) is 0. The SMILES string of the molecule is CC1CCCN(CCCCC(=O)n2c3ccccc3c3ccccc32)C1. The molecule has 136 valence electrons. The van der Waals surface area contributed by atoms with Crippen LogP contribution in [0.3, 0.4) is 0 Å². The quantitative estimate of drug-likeness (QED) is 0.582. The van der Waals surface area contributed by atoms with E-state index in [1.54, 1.807) is 0 Å². The molecule has 0 N–H and O–H groups in total. The second-order valence-corrected chi connectivity index (χ2v) is 7.77. The maximum absolute atomic E-state index is 13.0. The lowest BCUT2D eigenvalue weighted by atomic mass is 10.00. The van der Waals surface area contributed by atoms with Crippen molar-refractivity contribution in [3.05, 3.63) is 48.5 Å². The van der Waals surface area contributed by atoms with Crippen LogP contribution in [0.4, 0.5) is 0 Å². The van der Waals surface area contributed by atoms with Crippen molar-refractivity contribution in [2.24, 2.45) is 5.92 Å². The fraction of sp³-hybridized carbons (Fsp3) is 0.435. The van der Waals surface area contributed by atoms with Crippen molar-refractivity contribution >= 4 is 27.7 Å². The Hall–Kier alpha value is -2.13. The van der Waals surface area contributed by atoms with Gasteiger partial charge in [-0.3, -0.25) is 9.36 Å². The van der Waals surface area contributed by atoms with E-state index < -0.39 is 0 Å². The molecule has 3 nitrogen and oxygen atoms in total. The molecule has 0 aliphatic carbocycles. The molecule has 2 aromatic carbocycles. The van der Waals surface area contributed by atoms with Gasteiger partial charge in [0.05, 0.1) is 11.0 Å². The third-order valence-corrected chi connectivity index (χ3v) is 5.69. The van der Waals surface area contributed by atoms with E-state index in [0.717, 1.165) is 36.3 Å². The highest BCUT2D eigenvalue weighted by molar-refractivity contribution is 6.13. The monoisotopic (exact) mass is 348 g/mol. The smallest absolute Gasteiger partial charge is 0.231 e. The van der Waals surface area contributed by atoms with Crippen molar-refractivity contribution < 1.29 is 4.79 Å². The Labute approximate surface area is 155 Å². The average molecular weight is 348 g/mol. The molecule has 1 saturated heterocycles. The predicted octanol–water partition coefficient (Wildman–Crippen LogP) is 5.34. The average Bonchev–Trinajstić information content (AvgIpc) is 3.00. The van der Waals surface area contributed by atoms with Gasteiger partial charge in [0.15, 0.2) is 0 Å². The van der Waals surface area contributed by atoms with Crippen molar-refractivity contribution in [2.45, 2.75) is 39.0 Å². The molecule has 0 amide bonds. The highest BCUT2D eigenvalue weighted by Gasteiger charge is 2.17. The summed E-state index contributed by atoms with van der Waals surface area (Å²) in [5.41, 5.74) is 2.06. The van der Waals surface area contributed by atoms with Crippen molar-refractivity contribution in [3.8, 4) is 0 Å². The lowest BCUT2D eigenvalue weighted by Gasteiger charge is -2.30. The Morgan fingerprint density at radius 3 is 2.31 bits per heavy atom. The minimum Gasteiger partial charge on any atom is -0.303 e. The number of fused-ring (bicyclic) bond motifs is 3. The Morgan fingerprint density at radius 2 is 1.65 bits per heavy atom. The molecule has 1 aliphatic rings. The zero-order valence-corrected chi connectivity index (χ0v) is 15.7. The van der Waals surface area contributed by atoms with Gasteiger partial charge in [-0.15, -0.1) is 0 Å². The molecule has 0 saturated carbocycles. The molecule has 2 heterocycles. The number of para-hydroxylation sites is 2. The standard InChI is InChI=1S/C23H28N2O/c1-18-9-8-16-24(17-18)15-7-6-14-23(26)25-21-12-4-2-10-19(21)20-11-3-5-13-22(20)25/h2-5,10-13,18H,6-9,14-17H2,1H3. The minimum absolute atomic E-state index is 0.217. The van der Waals surface area contributed by atoms with Crippen LogP contribution >= 0.6 is 0 Å². The van der Waals surface area contributed by atoms with Gasteiger partial charge in [-0.2, -0.15) is 0 Å². The highest BCUT2D eigenvalue weighted by Crippen LogP contribution is 2.29. The first-order valence-corrected chi connectivity index (χ1v) is 9.98. The number of benzene rings is 2. The second-order valence-electron chi connectivity index (χ2n) is 7.77. The summed E-state index contributed by atoms with van der Waals surface area (Å²) in [5, 5.41) is 2.33. The van der Waals surface area contributed by atoms with Crippen LogP contribution in [-0.4, -0.2) is 35.0 Å². The van der Waals surface area contributed by atoms with Crippen molar-refractivity contribution in [3.63, 3.8) is 0 Å². The Morgan fingerprint density at radius 1 is 1.00 bits per heavy atom. The van der Waals surface area contributed by atoms with Gasteiger partial charge in [0.25, 0.3) is 0 Å². The summed E-state index contributed by atoms with van der Waals surface area (Å²) >= 11 is 0. The summed E-state index contributed by atoms with van der Waals surface area (Å²) in [6, 6.07) is 16.5. The summed E-state index contributed by atoms with van der Waals surface area (Å²) in [5.74, 6) is 1.04. The Kier molecular flexibility index (Phi) is 5.07. The lowest BCUT2D eigenvalue weighted by molar-refractivity contribution is 0.0906. The molecular formula is C23H28N2O. The van der Waals surface area contributed by atoms with E-state index in [-0.39, 0.29) is 5.91 Å². The fourth-order valence-electron chi connectivity index (χ4n) is 4.40. The van der Waals surface area contributed by atoms with Crippen LogP contribution in [0.25, 0.3) is 21.8 Å². The van der Waals surface area contributed by atoms with Gasteiger partial charge >= 0.3 is 0 Å². The Balaban J connectivity index is 1.44. The van der Waals surface area contributed by atoms with Gasteiger partial charge in [-0.05, 0) is 56.8 Å². The topological polar surface area (TPSA) is 25.2 Å². The van der Waals surface area contributed by atoms with Crippen LogP contribution in [0.15, 0.2) is 48.5 Å². The third-order valence-electron chi connectivity index (χ3n) is 5.69. The number of carbonyl (C=O) groups excluding carboxylic acids is 1. The second kappa shape index (κ2) is 7.63. The van der Waals surface area contributed by atoms with Crippen molar-refractivity contribution in [1.29, 1.82) is 0 Å². The number of nitrogens with zero attached hydrogens (tertiary/aromatic N) is 2. The molecule has 4 rings (SSSR count). The number of hydrogen-bond acceptors (Lipinski definition) is 2. The van der Waals surface area contributed by atoms with E-state index in [2.05, 4.69) is 36.1 Å². The number of piperidine rings is 1. The maximum Gasteiger partial charge on any atom is 0.231 e. The number of unbranched alkanes of at least 4 members (excludes halogenated alkanes) is 1. The van der Waals surface area contributed by atoms with Crippen LogP contribution in [0.5, 0.6) is 0 Å². The lowest BCUT2D eigenvalue weighted by Crippen LogP contribution is -2.34. The zero-order chi connectivity index (χ0) is 17.9. The summed E-state index contributed by atoms with van der Waals surface area (Å²) in [4.78, 5) is 15.6. The molecule has 1 atom stereocenters. The summed E-state index contributed by atoms with van der Waals surface area (Å²) in [6.07, 6.45) is 5.37. The first-order chi connectivity index (χ1) is 12.7. The fourth-order valence-corrected chi connectivity index (χ4v) is 4.40. The highest BCUT2D eigenvalue weighted by atomic mass is 16.2. The van der Waals surface area contributed by atoms with E-state index in [1.165, 1.54) is 36.7 Å². The van der Waals surface area contributed by atoms with Gasteiger partial charge in [-0.25, -0.2) is 0 Å². The van der Waals surface area contributed by atoms with Crippen LogP contribution in [0.1, 0.15) is 43.8 Å². The van der Waals surface area contributed by atoms with Gasteiger partial charge in [-0.1, -0.05) is 43.3 Å². The largest absolute Gasteiger partial charge is 0.303 e. The molecule has 1 aromatic heterocycles. The van der Waals surface area contributed by atoms with Crippen molar-refractivity contribution in [2.75, 3.05) is 19.6 Å². The first kappa shape index (κ1) is 17.3. The number of likely N-dealkylation sites (tertiary alicyclic amines) is 1. The normalized spacial score (nSPS) is 18.6. The Bertz CT molecular complexity index is 858. The molecule has 26 heavy (non-hydrogen) atoms. The van der Waals surface area contributed by atoms with Crippen LogP contribution < -0.4 is 0 Å². The molecule has 1 fully saturated rings. The van der Waals surface area contributed by atoms with Gasteiger partial charge < -0.3 is 4.90 Å². The number of hydrogen-bond donors (Lipinski definition) is 0. The molecule has 1 aliphatic heterocycles. The summed E-state index contributed by atoms with van der Waals surface area (Å²) in [6.45, 7) is 5.93. The van der Waals surface area contributed by atoms with Crippen LogP contribution in [0, 0.1) is 5.92 Å². The number of carbonyl (C=O) groups is 1. The van der Waals surface area contributed by atoms with E-state index >= 15 is 0 Å². The van der Waals surface area contributed by atoms with Crippen LogP contribution in [0.2, 0.25) is 0 Å². The molecule has 3 heteroatoms. The van der Waals surface area contributed by atoms with Crippen LogP contribution in [-0.2, 0) is 0 Å². The molecule has 0 spiro atoms. The van der Waals surface area contributed by atoms with Gasteiger partial charge in [0.1, 0.15) is 0 Å². The van der Waals surface area contributed by atoms with Gasteiger partial charge in [0.2, 0.25) is 5.91 Å². The molecular weight excluding hydrogens is 320 g/mol. The van der Waals surface area contributed by atoms with Crippen molar-refractivity contribution in [1.82, 2.24) is 9.47 Å². The van der Waals surface area contributed by atoms with E-state index in [4.69, 9.17) is 0 Å². The zero-order valence-electron chi connectivity index (χ0n) is 15.7. The van der Waals surface area contributed by atoms with E-state index in [0.29, 0.717) is 6.42 Å². The third kappa shape index (κ3) is 3.41.